The summed E-state index contributed by atoms with van der Waals surface area (Å²) in [5.74, 6) is 0.0613. The van der Waals surface area contributed by atoms with E-state index in [0.717, 1.165) is 18.4 Å². The van der Waals surface area contributed by atoms with Crippen LogP contribution in [-0.2, 0) is 11.3 Å². The fourth-order valence-corrected chi connectivity index (χ4v) is 2.74. The van der Waals surface area contributed by atoms with E-state index in [2.05, 4.69) is 0 Å². The smallest absolute Gasteiger partial charge is 0.235 e. The summed E-state index contributed by atoms with van der Waals surface area (Å²) in [6.07, 6.45) is 1.60. The molecular weight excluding hydrogens is 240 g/mol. The molecule has 5 heteroatoms. The Bertz CT molecular complexity index is 410. The molecule has 0 aliphatic heterocycles. The SMILES string of the molecule is CN(Cc1ccsc1)C(=O)C1(C(N)=S)CC1. The number of rotatable bonds is 4. The fourth-order valence-electron chi connectivity index (χ4n) is 1.78. The maximum Gasteiger partial charge on any atom is 0.235 e. The molecule has 0 atom stereocenters. The minimum atomic E-state index is -0.528. The van der Waals surface area contributed by atoms with Gasteiger partial charge in [0, 0.05) is 13.6 Å². The third-order valence-corrected chi connectivity index (χ3v) is 4.10. The van der Waals surface area contributed by atoms with E-state index < -0.39 is 5.41 Å². The van der Waals surface area contributed by atoms with Crippen molar-refractivity contribution < 1.29 is 4.79 Å². The molecule has 1 aliphatic rings. The molecule has 86 valence electrons. The van der Waals surface area contributed by atoms with Crippen molar-refractivity contribution in [1.82, 2.24) is 4.90 Å². The summed E-state index contributed by atoms with van der Waals surface area (Å²) in [6.45, 7) is 0.632. The van der Waals surface area contributed by atoms with Crippen LogP contribution in [0.4, 0.5) is 0 Å². The molecule has 16 heavy (non-hydrogen) atoms. The summed E-state index contributed by atoms with van der Waals surface area (Å²) in [6, 6.07) is 2.02. The predicted molar refractivity (Wildman–Crippen MR) is 69.2 cm³/mol. The van der Waals surface area contributed by atoms with E-state index in [-0.39, 0.29) is 5.91 Å². The monoisotopic (exact) mass is 254 g/mol. The number of nitrogens with two attached hydrogens (primary N) is 1. The first-order valence-electron chi connectivity index (χ1n) is 5.13. The maximum atomic E-state index is 12.2. The maximum absolute atomic E-state index is 12.2. The average Bonchev–Trinajstić information content (AvgIpc) is 2.91. The van der Waals surface area contributed by atoms with Crippen LogP contribution in [0.5, 0.6) is 0 Å². The van der Waals surface area contributed by atoms with Crippen molar-refractivity contribution in [1.29, 1.82) is 0 Å². The molecule has 1 heterocycles. The highest BCUT2D eigenvalue weighted by Crippen LogP contribution is 2.47. The van der Waals surface area contributed by atoms with Gasteiger partial charge in [-0.15, -0.1) is 0 Å². The van der Waals surface area contributed by atoms with Crippen molar-refractivity contribution in [2.75, 3.05) is 7.05 Å². The van der Waals surface area contributed by atoms with Gasteiger partial charge in [-0.25, -0.2) is 0 Å². The van der Waals surface area contributed by atoms with Crippen LogP contribution in [-0.4, -0.2) is 22.8 Å². The largest absolute Gasteiger partial charge is 0.392 e. The van der Waals surface area contributed by atoms with Gasteiger partial charge in [0.05, 0.1) is 10.4 Å². The molecule has 1 aromatic rings. The molecule has 0 spiro atoms. The number of carbonyl (C=O) groups excluding carboxylic acids is 1. The van der Waals surface area contributed by atoms with E-state index in [1.807, 2.05) is 16.8 Å². The molecule has 3 nitrogen and oxygen atoms in total. The van der Waals surface area contributed by atoms with Crippen LogP contribution in [0.25, 0.3) is 0 Å². The summed E-state index contributed by atoms with van der Waals surface area (Å²) in [7, 11) is 1.80. The van der Waals surface area contributed by atoms with Crippen LogP contribution in [0.15, 0.2) is 16.8 Å². The molecule has 1 amide bonds. The summed E-state index contributed by atoms with van der Waals surface area (Å²) < 4.78 is 0. The van der Waals surface area contributed by atoms with Crippen LogP contribution in [0.1, 0.15) is 18.4 Å². The lowest BCUT2D eigenvalue weighted by Gasteiger charge is -2.22. The average molecular weight is 254 g/mol. The second-order valence-corrected chi connectivity index (χ2v) is 5.46. The Morgan fingerprint density at radius 3 is 2.81 bits per heavy atom. The van der Waals surface area contributed by atoms with Crippen LogP contribution >= 0.6 is 23.6 Å². The molecule has 0 unspecified atom stereocenters. The van der Waals surface area contributed by atoms with Gasteiger partial charge in [0.1, 0.15) is 0 Å². The van der Waals surface area contributed by atoms with Gasteiger partial charge in [-0.1, -0.05) is 12.2 Å². The first-order chi connectivity index (χ1) is 7.56. The van der Waals surface area contributed by atoms with Crippen molar-refractivity contribution >= 4 is 34.5 Å². The minimum absolute atomic E-state index is 0.0613. The summed E-state index contributed by atoms with van der Waals surface area (Å²) in [5, 5.41) is 4.05. The summed E-state index contributed by atoms with van der Waals surface area (Å²) >= 11 is 6.60. The molecule has 0 aromatic carbocycles. The first kappa shape index (κ1) is 11.5. The number of thiophene rings is 1. The van der Waals surface area contributed by atoms with Crippen molar-refractivity contribution in [2.45, 2.75) is 19.4 Å². The van der Waals surface area contributed by atoms with Gasteiger partial charge in [-0.2, -0.15) is 11.3 Å². The van der Waals surface area contributed by atoms with Crippen LogP contribution in [0.2, 0.25) is 0 Å². The number of thiocarbonyl (C=S) groups is 1. The van der Waals surface area contributed by atoms with Crippen LogP contribution in [0.3, 0.4) is 0 Å². The predicted octanol–water partition coefficient (Wildman–Crippen LogP) is 1.77. The topological polar surface area (TPSA) is 46.3 Å². The number of hydrogen-bond acceptors (Lipinski definition) is 3. The molecule has 1 aliphatic carbocycles. The zero-order valence-electron chi connectivity index (χ0n) is 9.10. The highest BCUT2D eigenvalue weighted by atomic mass is 32.1. The lowest BCUT2D eigenvalue weighted by atomic mass is 10.1. The molecular formula is C11H14N2OS2. The quantitative estimate of drug-likeness (QED) is 0.833. The number of nitrogens with zero attached hydrogens (tertiary/aromatic N) is 1. The Balaban J connectivity index is 2.03. The van der Waals surface area contributed by atoms with Crippen molar-refractivity contribution in [3.05, 3.63) is 22.4 Å². The van der Waals surface area contributed by atoms with E-state index in [1.54, 1.807) is 23.3 Å². The number of hydrogen-bond donors (Lipinski definition) is 1. The second-order valence-electron chi connectivity index (χ2n) is 4.24. The van der Waals surface area contributed by atoms with E-state index in [0.29, 0.717) is 11.5 Å². The van der Waals surface area contributed by atoms with E-state index in [9.17, 15) is 4.79 Å². The molecule has 1 saturated carbocycles. The van der Waals surface area contributed by atoms with Gasteiger partial charge in [0.2, 0.25) is 5.91 Å². The van der Waals surface area contributed by atoms with Gasteiger partial charge >= 0.3 is 0 Å². The van der Waals surface area contributed by atoms with Crippen molar-refractivity contribution in [3.8, 4) is 0 Å². The Hall–Kier alpha value is -0.940. The Morgan fingerprint density at radius 1 is 1.69 bits per heavy atom. The number of amides is 1. The summed E-state index contributed by atoms with van der Waals surface area (Å²) in [4.78, 5) is 14.2. The Morgan fingerprint density at radius 2 is 2.38 bits per heavy atom. The third-order valence-electron chi connectivity index (χ3n) is 2.98. The molecule has 0 bridgehead atoms. The van der Waals surface area contributed by atoms with Crippen molar-refractivity contribution in [2.24, 2.45) is 11.1 Å². The molecule has 1 fully saturated rings. The third kappa shape index (κ3) is 1.97. The normalized spacial score (nSPS) is 16.8. The molecule has 0 radical (unpaired) electrons. The van der Waals surface area contributed by atoms with Crippen LogP contribution in [0, 0.1) is 5.41 Å². The standard InChI is InChI=1S/C11H14N2OS2/c1-13(6-8-2-5-16-7-8)10(14)11(3-4-11)9(12)15/h2,5,7H,3-4,6H2,1H3,(H2,12,15). The lowest BCUT2D eigenvalue weighted by Crippen LogP contribution is -2.40. The summed E-state index contributed by atoms with van der Waals surface area (Å²) in [5.41, 5.74) is 6.26. The Kier molecular flexibility index (Phi) is 2.99. The highest BCUT2D eigenvalue weighted by Gasteiger charge is 2.53. The van der Waals surface area contributed by atoms with Gasteiger partial charge in [-0.3, -0.25) is 4.79 Å². The van der Waals surface area contributed by atoms with Gasteiger partial charge in [0.15, 0.2) is 0 Å². The van der Waals surface area contributed by atoms with Crippen LogP contribution < -0.4 is 5.73 Å². The Labute approximate surface area is 104 Å². The minimum Gasteiger partial charge on any atom is -0.392 e. The van der Waals surface area contributed by atoms with E-state index in [4.69, 9.17) is 18.0 Å². The lowest BCUT2D eigenvalue weighted by molar-refractivity contribution is -0.133. The molecule has 0 saturated heterocycles. The van der Waals surface area contributed by atoms with Gasteiger partial charge in [-0.05, 0) is 35.2 Å². The number of carbonyl (C=O) groups is 1. The molecule has 1 aromatic heterocycles. The fraction of sp³-hybridized carbons (Fsp3) is 0.455. The first-order valence-corrected chi connectivity index (χ1v) is 6.48. The highest BCUT2D eigenvalue weighted by molar-refractivity contribution is 7.80. The van der Waals surface area contributed by atoms with Gasteiger partial charge < -0.3 is 10.6 Å². The van der Waals surface area contributed by atoms with E-state index >= 15 is 0 Å². The van der Waals surface area contributed by atoms with E-state index in [1.165, 1.54) is 0 Å². The van der Waals surface area contributed by atoms with Crippen molar-refractivity contribution in [3.63, 3.8) is 0 Å². The second kappa shape index (κ2) is 4.14. The van der Waals surface area contributed by atoms with Gasteiger partial charge in [0.25, 0.3) is 0 Å². The molecule has 2 N–H and O–H groups in total. The molecule has 2 rings (SSSR count). The zero-order chi connectivity index (χ0) is 11.8. The zero-order valence-corrected chi connectivity index (χ0v) is 10.7.